The lowest BCUT2D eigenvalue weighted by molar-refractivity contribution is 0.101. The van der Waals surface area contributed by atoms with Gasteiger partial charge in [-0.25, -0.2) is 0 Å². The molecule has 0 unspecified atom stereocenters. The molecule has 0 saturated carbocycles. The summed E-state index contributed by atoms with van der Waals surface area (Å²) in [5.41, 5.74) is 0.315. The molecule has 4 nitrogen and oxygen atoms in total. The number of Topliss-reactive ketones (excluding diaryl/α,β-unsaturated/α-hetero) is 1. The summed E-state index contributed by atoms with van der Waals surface area (Å²) in [4.78, 5) is 11.2. The number of ether oxygens (including phenoxy) is 2. The summed E-state index contributed by atoms with van der Waals surface area (Å²) >= 11 is 0. The van der Waals surface area contributed by atoms with Gasteiger partial charge in [0.2, 0.25) is 0 Å². The van der Waals surface area contributed by atoms with Crippen LogP contribution in [0.5, 0.6) is 17.2 Å². The van der Waals surface area contributed by atoms with Gasteiger partial charge < -0.3 is 14.6 Å². The fraction of sp³-hybridized carbons (Fsp3) is 0.316. The van der Waals surface area contributed by atoms with E-state index in [0.29, 0.717) is 24.5 Å². The number of ketones is 1. The number of hydrogen-bond acceptors (Lipinski definition) is 4. The molecule has 0 fully saturated rings. The second kappa shape index (κ2) is 8.83. The first-order valence-electron chi connectivity index (χ1n) is 7.81. The van der Waals surface area contributed by atoms with Crippen LogP contribution in [0.1, 0.15) is 36.5 Å². The second-order valence-corrected chi connectivity index (χ2v) is 5.31. The van der Waals surface area contributed by atoms with Crippen LogP contribution in [0.25, 0.3) is 0 Å². The van der Waals surface area contributed by atoms with Gasteiger partial charge in [-0.15, -0.1) is 0 Å². The first-order valence-corrected chi connectivity index (χ1v) is 7.81. The first kappa shape index (κ1) is 16.9. The van der Waals surface area contributed by atoms with Gasteiger partial charge in [0.25, 0.3) is 0 Å². The normalized spacial score (nSPS) is 10.3. The highest BCUT2D eigenvalue weighted by atomic mass is 16.5. The van der Waals surface area contributed by atoms with Gasteiger partial charge in [0.15, 0.2) is 5.78 Å². The van der Waals surface area contributed by atoms with Crippen LogP contribution in [0.4, 0.5) is 0 Å². The van der Waals surface area contributed by atoms with Crippen LogP contribution >= 0.6 is 0 Å². The summed E-state index contributed by atoms with van der Waals surface area (Å²) in [6.07, 6.45) is 2.88. The van der Waals surface area contributed by atoms with Crippen molar-refractivity contribution in [2.24, 2.45) is 0 Å². The number of rotatable bonds is 9. The number of hydrogen-bond donors (Lipinski definition) is 1. The Balaban J connectivity index is 1.60. The smallest absolute Gasteiger partial charge is 0.163 e. The van der Waals surface area contributed by atoms with E-state index in [1.807, 2.05) is 30.3 Å². The largest absolute Gasteiger partial charge is 0.507 e. The fourth-order valence-electron chi connectivity index (χ4n) is 2.18. The molecule has 0 heterocycles. The van der Waals surface area contributed by atoms with Crippen LogP contribution in [0.3, 0.4) is 0 Å². The molecule has 0 bridgehead atoms. The lowest BCUT2D eigenvalue weighted by Crippen LogP contribution is -2.01. The predicted octanol–water partition coefficient (Wildman–Crippen LogP) is 4.22. The van der Waals surface area contributed by atoms with Crippen LogP contribution < -0.4 is 9.47 Å². The number of benzene rings is 2. The first-order chi connectivity index (χ1) is 11.2. The lowest BCUT2D eigenvalue weighted by atomic mass is 10.1. The van der Waals surface area contributed by atoms with E-state index >= 15 is 0 Å². The number of phenols is 1. The van der Waals surface area contributed by atoms with E-state index in [1.54, 1.807) is 12.1 Å². The Hall–Kier alpha value is -2.49. The van der Waals surface area contributed by atoms with Crippen molar-refractivity contribution in [1.82, 2.24) is 0 Å². The zero-order valence-electron chi connectivity index (χ0n) is 13.3. The Morgan fingerprint density at radius 3 is 2.17 bits per heavy atom. The molecule has 0 saturated heterocycles. The average Bonchev–Trinajstić information content (AvgIpc) is 2.54. The van der Waals surface area contributed by atoms with E-state index in [1.165, 1.54) is 13.0 Å². The molecule has 0 radical (unpaired) electrons. The number of aromatic hydroxyl groups is 1. The monoisotopic (exact) mass is 314 g/mol. The van der Waals surface area contributed by atoms with Gasteiger partial charge in [0.05, 0.1) is 18.8 Å². The van der Waals surface area contributed by atoms with Crippen molar-refractivity contribution in [3.05, 3.63) is 54.1 Å². The average molecular weight is 314 g/mol. The van der Waals surface area contributed by atoms with Crippen molar-refractivity contribution in [2.75, 3.05) is 13.2 Å². The van der Waals surface area contributed by atoms with E-state index < -0.39 is 0 Å². The van der Waals surface area contributed by atoms with Crippen molar-refractivity contribution < 1.29 is 19.4 Å². The molecular formula is C19H22O4. The molecule has 0 spiro atoms. The van der Waals surface area contributed by atoms with Crippen molar-refractivity contribution >= 4 is 5.78 Å². The Morgan fingerprint density at radius 2 is 1.57 bits per heavy atom. The Bertz CT molecular complexity index is 623. The van der Waals surface area contributed by atoms with Crippen LogP contribution in [-0.4, -0.2) is 24.1 Å². The molecular weight excluding hydrogens is 292 g/mol. The maximum absolute atomic E-state index is 11.2. The van der Waals surface area contributed by atoms with Crippen molar-refractivity contribution in [3.63, 3.8) is 0 Å². The molecule has 0 amide bonds. The zero-order valence-corrected chi connectivity index (χ0v) is 13.3. The molecule has 0 atom stereocenters. The summed E-state index contributed by atoms with van der Waals surface area (Å²) in [6.45, 7) is 2.69. The summed E-state index contributed by atoms with van der Waals surface area (Å²) in [5.74, 6) is 1.27. The molecule has 23 heavy (non-hydrogen) atoms. The van der Waals surface area contributed by atoms with Crippen LogP contribution in [0.15, 0.2) is 48.5 Å². The van der Waals surface area contributed by atoms with Gasteiger partial charge in [-0.3, -0.25) is 4.79 Å². The predicted molar refractivity (Wildman–Crippen MR) is 89.4 cm³/mol. The van der Waals surface area contributed by atoms with E-state index in [0.717, 1.165) is 25.0 Å². The third kappa shape index (κ3) is 5.66. The van der Waals surface area contributed by atoms with E-state index in [2.05, 4.69) is 0 Å². The van der Waals surface area contributed by atoms with Gasteiger partial charge in [-0.2, -0.15) is 0 Å². The third-order valence-corrected chi connectivity index (χ3v) is 3.42. The molecule has 1 N–H and O–H groups in total. The van der Waals surface area contributed by atoms with Gasteiger partial charge in [0.1, 0.15) is 17.2 Å². The lowest BCUT2D eigenvalue weighted by Gasteiger charge is -2.08. The van der Waals surface area contributed by atoms with Crippen LogP contribution in [0.2, 0.25) is 0 Å². The summed E-state index contributed by atoms with van der Waals surface area (Å²) < 4.78 is 11.2. The number of unbranched alkanes of at least 4 members (excludes halogenated alkanes) is 2. The van der Waals surface area contributed by atoms with Gasteiger partial charge >= 0.3 is 0 Å². The standard InChI is InChI=1S/C19H22O4/c1-15(20)18-11-10-17(14-19(18)21)23-13-7-3-6-12-22-16-8-4-2-5-9-16/h2,4-5,8-11,14,21H,3,6-7,12-13H2,1H3. The molecule has 0 aliphatic heterocycles. The Kier molecular flexibility index (Phi) is 6.48. The maximum atomic E-state index is 11.2. The summed E-state index contributed by atoms with van der Waals surface area (Å²) in [7, 11) is 0. The minimum Gasteiger partial charge on any atom is -0.507 e. The molecule has 2 aromatic rings. The van der Waals surface area contributed by atoms with E-state index in [9.17, 15) is 9.90 Å². The zero-order chi connectivity index (χ0) is 16.5. The molecule has 0 aliphatic rings. The van der Waals surface area contributed by atoms with Crippen molar-refractivity contribution in [1.29, 1.82) is 0 Å². The van der Waals surface area contributed by atoms with Gasteiger partial charge in [-0.05, 0) is 50.5 Å². The second-order valence-electron chi connectivity index (χ2n) is 5.31. The summed E-state index contributed by atoms with van der Waals surface area (Å²) in [6, 6.07) is 14.5. The maximum Gasteiger partial charge on any atom is 0.163 e. The number of para-hydroxylation sites is 1. The van der Waals surface area contributed by atoms with Gasteiger partial charge in [0, 0.05) is 6.07 Å². The third-order valence-electron chi connectivity index (χ3n) is 3.42. The SMILES string of the molecule is CC(=O)c1ccc(OCCCCCOc2ccccc2)cc1O. The molecule has 0 aromatic heterocycles. The van der Waals surface area contributed by atoms with Crippen LogP contribution in [-0.2, 0) is 0 Å². The molecule has 4 heteroatoms. The number of carbonyl (C=O) groups is 1. The number of carbonyl (C=O) groups excluding carboxylic acids is 1. The van der Waals surface area contributed by atoms with Crippen molar-refractivity contribution in [2.45, 2.75) is 26.2 Å². The highest BCUT2D eigenvalue weighted by Gasteiger charge is 2.07. The molecule has 2 aromatic carbocycles. The highest BCUT2D eigenvalue weighted by Crippen LogP contribution is 2.24. The fourth-order valence-corrected chi connectivity index (χ4v) is 2.18. The minimum atomic E-state index is -0.160. The highest BCUT2D eigenvalue weighted by molar-refractivity contribution is 5.96. The summed E-state index contributed by atoms with van der Waals surface area (Å²) in [5, 5.41) is 9.73. The Morgan fingerprint density at radius 1 is 0.913 bits per heavy atom. The van der Waals surface area contributed by atoms with Crippen molar-refractivity contribution in [3.8, 4) is 17.2 Å². The number of phenolic OH excluding ortho intramolecular Hbond substituents is 1. The van der Waals surface area contributed by atoms with Crippen LogP contribution in [0, 0.1) is 0 Å². The van der Waals surface area contributed by atoms with Gasteiger partial charge in [-0.1, -0.05) is 18.2 Å². The van der Waals surface area contributed by atoms with E-state index in [4.69, 9.17) is 9.47 Å². The van der Waals surface area contributed by atoms with E-state index in [-0.39, 0.29) is 11.5 Å². The topological polar surface area (TPSA) is 55.8 Å². The molecule has 0 aliphatic carbocycles. The Labute approximate surface area is 136 Å². The molecule has 122 valence electrons. The molecule has 2 rings (SSSR count). The minimum absolute atomic E-state index is 0.0359. The quantitative estimate of drug-likeness (QED) is 0.556.